The molecule has 10 nitrogen and oxygen atoms in total. The van der Waals surface area contributed by atoms with Gasteiger partial charge in [0.15, 0.2) is 0 Å². The maximum atomic E-state index is 15.4. The summed E-state index contributed by atoms with van der Waals surface area (Å²) < 4.78 is 12.1. The normalized spacial score (nSPS) is 17.9. The molecular formula is C50H46N2O8. The van der Waals surface area contributed by atoms with E-state index in [2.05, 4.69) is 0 Å². The first-order valence-electron chi connectivity index (χ1n) is 20.1. The van der Waals surface area contributed by atoms with E-state index < -0.39 is 59.5 Å². The lowest BCUT2D eigenvalue weighted by Gasteiger charge is -2.50. The van der Waals surface area contributed by atoms with Gasteiger partial charge in [0.05, 0.1) is 35.8 Å². The van der Waals surface area contributed by atoms with Gasteiger partial charge in [-0.05, 0) is 96.8 Å². The molecule has 1 saturated carbocycles. The average molecular weight is 803 g/mol. The number of hydrogen-bond donors (Lipinski definition) is 2. The SMILES string of the molecule is CC[C@@H](c1ccccc1)N(C(=O)[C@H]1[C@@H](C(=O)O)[C@H](C(=O)O)[C@@H]1C(=O)N(c1ccc(Oc2ccccc2)cc1)[C@@H](CC)c1ccccc1)c1ccc(Oc2ccccc2)cc1. The van der Waals surface area contributed by atoms with Crippen LogP contribution in [0.25, 0.3) is 0 Å². The van der Waals surface area contributed by atoms with E-state index in [1.807, 2.05) is 135 Å². The third-order valence-electron chi connectivity index (χ3n) is 11.1. The summed E-state index contributed by atoms with van der Waals surface area (Å²) in [6.45, 7) is 3.84. The quantitative estimate of drug-likeness (QED) is 0.0988. The second kappa shape index (κ2) is 18.6. The number of carboxylic acids is 2. The Bertz CT molecular complexity index is 2210. The van der Waals surface area contributed by atoms with Crippen molar-refractivity contribution in [1.29, 1.82) is 0 Å². The van der Waals surface area contributed by atoms with Gasteiger partial charge in [0, 0.05) is 11.4 Å². The van der Waals surface area contributed by atoms with Crippen LogP contribution in [0.4, 0.5) is 11.4 Å². The van der Waals surface area contributed by atoms with Crippen molar-refractivity contribution in [3.63, 3.8) is 0 Å². The van der Waals surface area contributed by atoms with Crippen molar-refractivity contribution in [3.05, 3.63) is 181 Å². The highest BCUT2D eigenvalue weighted by molar-refractivity contribution is 6.09. The van der Waals surface area contributed by atoms with Gasteiger partial charge in [-0.2, -0.15) is 0 Å². The molecule has 0 aromatic heterocycles. The van der Waals surface area contributed by atoms with Crippen molar-refractivity contribution in [2.24, 2.45) is 23.7 Å². The summed E-state index contributed by atoms with van der Waals surface area (Å²) in [5, 5.41) is 21.3. The fraction of sp³-hybridized carbons (Fsp3) is 0.200. The Morgan fingerprint density at radius 1 is 0.433 bits per heavy atom. The van der Waals surface area contributed by atoms with Crippen LogP contribution in [0.1, 0.15) is 49.9 Å². The summed E-state index contributed by atoms with van der Waals surface area (Å²) in [4.78, 5) is 60.1. The minimum absolute atomic E-state index is 0.429. The molecule has 6 aromatic rings. The van der Waals surface area contributed by atoms with Crippen molar-refractivity contribution >= 4 is 35.1 Å². The van der Waals surface area contributed by atoms with Crippen molar-refractivity contribution < 1.29 is 38.9 Å². The predicted octanol–water partition coefficient (Wildman–Crippen LogP) is 10.6. The summed E-state index contributed by atoms with van der Waals surface area (Å²) in [7, 11) is 0. The van der Waals surface area contributed by atoms with Gasteiger partial charge in [-0.3, -0.25) is 19.2 Å². The number of rotatable bonds is 16. The van der Waals surface area contributed by atoms with E-state index in [1.165, 1.54) is 9.80 Å². The highest BCUT2D eigenvalue weighted by atomic mass is 16.5. The molecule has 10 heteroatoms. The number of carbonyl (C=O) groups excluding carboxylic acids is 2. The Morgan fingerprint density at radius 3 is 1.00 bits per heavy atom. The number of carbonyl (C=O) groups is 4. The smallest absolute Gasteiger partial charge is 0.308 e. The third-order valence-corrected chi connectivity index (χ3v) is 11.1. The molecule has 1 aliphatic carbocycles. The number of amides is 2. The zero-order valence-corrected chi connectivity index (χ0v) is 33.3. The number of aliphatic carboxylic acids is 2. The number of carboxylic acid groups (broad SMARTS) is 2. The number of anilines is 2. The van der Waals surface area contributed by atoms with Gasteiger partial charge >= 0.3 is 11.9 Å². The van der Waals surface area contributed by atoms with Crippen LogP contribution in [0.3, 0.4) is 0 Å². The Kier molecular flexibility index (Phi) is 12.7. The maximum absolute atomic E-state index is 15.4. The largest absolute Gasteiger partial charge is 0.481 e. The molecule has 1 fully saturated rings. The lowest BCUT2D eigenvalue weighted by molar-refractivity contribution is -0.180. The molecule has 0 saturated heterocycles. The molecule has 7 rings (SSSR count). The first kappa shape index (κ1) is 41.0. The van der Waals surface area contributed by atoms with Gasteiger partial charge in [-0.15, -0.1) is 0 Å². The Balaban J connectivity index is 1.31. The van der Waals surface area contributed by atoms with E-state index in [4.69, 9.17) is 9.47 Å². The van der Waals surface area contributed by atoms with Crippen LogP contribution in [0.15, 0.2) is 170 Å². The predicted molar refractivity (Wildman–Crippen MR) is 229 cm³/mol. The lowest BCUT2D eigenvalue weighted by atomic mass is 9.55. The van der Waals surface area contributed by atoms with Crippen LogP contribution < -0.4 is 19.3 Å². The molecule has 2 amide bonds. The summed E-state index contributed by atoms with van der Waals surface area (Å²) >= 11 is 0. The minimum Gasteiger partial charge on any atom is -0.481 e. The molecule has 0 spiro atoms. The molecule has 0 unspecified atom stereocenters. The number of benzene rings is 6. The Labute approximate surface area is 349 Å². The second-order valence-corrected chi connectivity index (χ2v) is 14.7. The number of para-hydroxylation sites is 2. The van der Waals surface area contributed by atoms with E-state index in [-0.39, 0.29) is 0 Å². The topological polar surface area (TPSA) is 134 Å². The number of nitrogens with zero attached hydrogens (tertiary/aromatic N) is 2. The summed E-state index contributed by atoms with van der Waals surface area (Å²) in [6.07, 6.45) is 0.859. The van der Waals surface area contributed by atoms with Gasteiger partial charge < -0.3 is 29.5 Å². The third kappa shape index (κ3) is 8.63. The molecule has 0 aliphatic heterocycles. The summed E-state index contributed by atoms with van der Waals surface area (Å²) in [6, 6.07) is 49.7. The molecule has 304 valence electrons. The molecule has 2 N–H and O–H groups in total. The Hall–Kier alpha value is -7.20. The first-order valence-corrected chi connectivity index (χ1v) is 20.1. The van der Waals surface area contributed by atoms with E-state index in [1.54, 1.807) is 48.5 Å². The van der Waals surface area contributed by atoms with E-state index >= 15 is 9.59 Å². The van der Waals surface area contributed by atoms with Gasteiger partial charge in [0.1, 0.15) is 23.0 Å². The van der Waals surface area contributed by atoms with Crippen LogP contribution in [0.5, 0.6) is 23.0 Å². The highest BCUT2D eigenvalue weighted by Crippen LogP contribution is 2.51. The van der Waals surface area contributed by atoms with Crippen LogP contribution in [0, 0.1) is 23.7 Å². The summed E-state index contributed by atoms with van der Waals surface area (Å²) in [5.41, 5.74) is 2.45. The first-order chi connectivity index (χ1) is 29.2. The monoisotopic (exact) mass is 802 g/mol. The molecular weight excluding hydrogens is 757 g/mol. The lowest BCUT2D eigenvalue weighted by Crippen LogP contribution is -2.65. The zero-order chi connectivity index (χ0) is 42.2. The van der Waals surface area contributed by atoms with Crippen LogP contribution in [-0.4, -0.2) is 34.0 Å². The molecule has 0 bridgehead atoms. The van der Waals surface area contributed by atoms with E-state index in [0.29, 0.717) is 47.2 Å². The van der Waals surface area contributed by atoms with Crippen LogP contribution in [0.2, 0.25) is 0 Å². The molecule has 1 aliphatic rings. The van der Waals surface area contributed by atoms with Gasteiger partial charge in [0.2, 0.25) is 11.8 Å². The minimum atomic E-state index is -1.68. The van der Waals surface area contributed by atoms with Gasteiger partial charge in [-0.1, -0.05) is 111 Å². The molecule has 60 heavy (non-hydrogen) atoms. The molecule has 6 atom stereocenters. The fourth-order valence-electron chi connectivity index (χ4n) is 8.30. The van der Waals surface area contributed by atoms with Crippen LogP contribution >= 0.6 is 0 Å². The van der Waals surface area contributed by atoms with Gasteiger partial charge in [-0.25, -0.2) is 0 Å². The molecule has 0 radical (unpaired) electrons. The molecule has 6 aromatic carbocycles. The van der Waals surface area contributed by atoms with Crippen molar-refractivity contribution in [1.82, 2.24) is 0 Å². The van der Waals surface area contributed by atoms with Crippen LogP contribution in [-0.2, 0) is 19.2 Å². The zero-order valence-electron chi connectivity index (χ0n) is 33.3. The number of ether oxygens (including phenoxy) is 2. The average Bonchev–Trinajstić information content (AvgIpc) is 3.26. The van der Waals surface area contributed by atoms with Crippen molar-refractivity contribution in [3.8, 4) is 23.0 Å². The van der Waals surface area contributed by atoms with Crippen molar-refractivity contribution in [2.75, 3.05) is 9.80 Å². The number of hydrogen-bond acceptors (Lipinski definition) is 6. The van der Waals surface area contributed by atoms with E-state index in [9.17, 15) is 19.8 Å². The summed E-state index contributed by atoms with van der Waals surface area (Å²) in [5.74, 6) is -8.39. The fourth-order valence-corrected chi connectivity index (χ4v) is 8.30. The van der Waals surface area contributed by atoms with Gasteiger partial charge in [0.25, 0.3) is 0 Å². The van der Waals surface area contributed by atoms with E-state index in [0.717, 1.165) is 11.1 Å². The standard InChI is InChI=1S/C50H46N2O8/c1-3-41(33-17-9-5-10-18-33)51(35-25-29-39(30-26-35)59-37-21-13-7-14-22-37)47(53)43-44(46(50(57)58)45(43)49(55)56)48(54)52(42(4-2)34-19-11-6-12-20-34)36-27-31-40(32-28-36)60-38-23-15-8-16-24-38/h5-32,41-46H,3-4H2,1-2H3,(H,55,56)(H,57,58)/t41-,42-,43+,44+,45+,46+/m0/s1. The second-order valence-electron chi connectivity index (χ2n) is 14.7. The maximum Gasteiger partial charge on any atom is 0.308 e. The molecule has 0 heterocycles. The highest BCUT2D eigenvalue weighted by Gasteiger charge is 2.65. The Morgan fingerprint density at radius 2 is 0.717 bits per heavy atom. The van der Waals surface area contributed by atoms with Crippen molar-refractivity contribution in [2.45, 2.75) is 38.8 Å².